The lowest BCUT2D eigenvalue weighted by molar-refractivity contribution is -0.671. The largest absolute Gasteiger partial charge is 0.378 e. The Labute approximate surface area is 285 Å². The standard InChI is InChI=1S/C41H35N7O/c1-46-19-15-28(16-20-46)40-33-9-7-31(42-33)32-8-10-34(43-32)41(29-17-21-47(2)22-18-29)38-14-12-36(45-38)39(35-11-13-37(40)44-35)27-3-5-30(6-4-27)48-23-25-49-26-24-48/h3-22H,23-26H2,1-2H3,(H,44,45)/p+2. The third-order valence-electron chi connectivity index (χ3n) is 9.68. The molecule has 6 aliphatic rings. The molecule has 9 rings (SSSR count). The maximum atomic E-state index is 5.60. The van der Waals surface area contributed by atoms with Crippen molar-refractivity contribution in [1.82, 2.24) is 9.88 Å². The van der Waals surface area contributed by atoms with E-state index in [-0.39, 0.29) is 0 Å². The Bertz CT molecular complexity index is 2210. The average Bonchev–Trinajstić information content (AvgIpc) is 3.97. The van der Waals surface area contributed by atoms with Gasteiger partial charge in [0.05, 0.1) is 35.9 Å². The van der Waals surface area contributed by atoms with Gasteiger partial charge in [0.2, 0.25) is 0 Å². The minimum Gasteiger partial charge on any atom is -0.378 e. The molecule has 1 fully saturated rings. The number of aliphatic imine (C=N–C) groups is 2. The molecule has 0 radical (unpaired) electrons. The van der Waals surface area contributed by atoms with Gasteiger partial charge in [0.25, 0.3) is 0 Å². The van der Waals surface area contributed by atoms with Crippen LogP contribution >= 0.6 is 0 Å². The second kappa shape index (κ2) is 12.0. The number of hydrogen-bond donors (Lipinski definition) is 2. The number of aromatic amines is 1. The number of ether oxygens (including phenoxy) is 1. The van der Waals surface area contributed by atoms with E-state index >= 15 is 0 Å². The van der Waals surface area contributed by atoms with Gasteiger partial charge in [0, 0.05) is 90.6 Å². The highest BCUT2D eigenvalue weighted by molar-refractivity contribution is 6.32. The van der Waals surface area contributed by atoms with Crippen LogP contribution in [0.25, 0.3) is 16.7 Å². The van der Waals surface area contributed by atoms with Crippen molar-refractivity contribution < 1.29 is 14.6 Å². The molecule has 6 aliphatic heterocycles. The SMILES string of the molecule is CN1C=CC(=C2C3=NC(=C4C=CC(=C(c5cc[n+](C)cc5)C5=NC(=C(c6ccc(N7CCOCC7)cc6)c6ccc2[nH]6)C=C5)[NH2+]4)C=C3)C=C1. The van der Waals surface area contributed by atoms with Crippen LogP contribution in [0, 0.1) is 0 Å². The number of aryl methyl sites for hydroxylation is 1. The van der Waals surface area contributed by atoms with E-state index in [1.807, 2.05) is 14.1 Å². The molecule has 8 nitrogen and oxygen atoms in total. The Balaban J connectivity index is 1.26. The van der Waals surface area contributed by atoms with Crippen LogP contribution in [-0.4, -0.2) is 54.7 Å². The lowest BCUT2D eigenvalue weighted by Gasteiger charge is -2.29. The first kappa shape index (κ1) is 29.3. The van der Waals surface area contributed by atoms with Crippen molar-refractivity contribution in [3.63, 3.8) is 0 Å². The van der Waals surface area contributed by atoms with Crippen LogP contribution in [0.15, 0.2) is 160 Å². The van der Waals surface area contributed by atoms with Crippen molar-refractivity contribution in [1.29, 1.82) is 0 Å². The Kier molecular flexibility index (Phi) is 7.18. The fraction of sp³-hybridized carbons (Fsp3) is 0.146. The molecule has 0 aliphatic carbocycles. The Hall–Kier alpha value is -5.83. The van der Waals surface area contributed by atoms with E-state index in [9.17, 15) is 0 Å². The number of rotatable bonds is 3. The van der Waals surface area contributed by atoms with E-state index in [2.05, 4.69) is 147 Å². The minimum absolute atomic E-state index is 0.756. The molecule has 3 N–H and O–H groups in total. The predicted molar refractivity (Wildman–Crippen MR) is 195 cm³/mol. The van der Waals surface area contributed by atoms with Gasteiger partial charge in [-0.25, -0.2) is 14.6 Å². The Morgan fingerprint density at radius 2 is 1.31 bits per heavy atom. The van der Waals surface area contributed by atoms with Crippen molar-refractivity contribution in [3.8, 4) is 0 Å². The fourth-order valence-electron chi connectivity index (χ4n) is 7.09. The summed E-state index contributed by atoms with van der Waals surface area (Å²) in [5.41, 5.74) is 15.7. The van der Waals surface area contributed by atoms with Gasteiger partial charge in [-0.3, -0.25) is 5.32 Å². The molecule has 8 heterocycles. The normalized spacial score (nSPS) is 19.8. The van der Waals surface area contributed by atoms with Gasteiger partial charge in [0.15, 0.2) is 18.1 Å². The number of quaternary nitrogens is 1. The van der Waals surface area contributed by atoms with Crippen molar-refractivity contribution >= 4 is 33.8 Å². The molecule has 1 aromatic carbocycles. The van der Waals surface area contributed by atoms with Gasteiger partial charge in [-0.15, -0.1) is 0 Å². The van der Waals surface area contributed by atoms with Crippen LogP contribution in [0.4, 0.5) is 5.69 Å². The molecule has 0 spiro atoms. The minimum atomic E-state index is 0.756. The molecular formula is C41H37N7O+2. The first-order chi connectivity index (χ1) is 24.1. The van der Waals surface area contributed by atoms with Crippen LogP contribution in [0.2, 0.25) is 0 Å². The molecule has 3 aromatic rings. The summed E-state index contributed by atoms with van der Waals surface area (Å²) in [4.78, 5) is 18.9. The van der Waals surface area contributed by atoms with Crippen molar-refractivity contribution in [2.45, 2.75) is 0 Å². The predicted octanol–water partition coefficient (Wildman–Crippen LogP) is 4.95. The van der Waals surface area contributed by atoms with E-state index in [0.717, 1.165) is 105 Å². The van der Waals surface area contributed by atoms with Crippen LogP contribution < -0.4 is 14.8 Å². The molecule has 0 amide bonds. The van der Waals surface area contributed by atoms with E-state index in [0.29, 0.717) is 0 Å². The van der Waals surface area contributed by atoms with Crippen LogP contribution in [-0.2, 0) is 11.8 Å². The van der Waals surface area contributed by atoms with E-state index < -0.39 is 0 Å². The summed E-state index contributed by atoms with van der Waals surface area (Å²) in [6.07, 6.45) is 25.6. The Morgan fingerprint density at radius 1 is 0.673 bits per heavy atom. The molecule has 1 saturated heterocycles. The monoisotopic (exact) mass is 643 g/mol. The number of morpholine rings is 1. The van der Waals surface area contributed by atoms with Crippen LogP contribution in [0.3, 0.4) is 0 Å². The lowest BCUT2D eigenvalue weighted by atomic mass is 9.99. The maximum absolute atomic E-state index is 5.60. The summed E-state index contributed by atoms with van der Waals surface area (Å²) in [7, 11) is 4.08. The molecule has 49 heavy (non-hydrogen) atoms. The third kappa shape index (κ3) is 5.41. The number of pyridine rings is 1. The average molecular weight is 644 g/mol. The van der Waals surface area contributed by atoms with Gasteiger partial charge in [0.1, 0.15) is 18.4 Å². The van der Waals surface area contributed by atoms with Crippen molar-refractivity contribution in [2.24, 2.45) is 17.0 Å². The quantitative estimate of drug-likeness (QED) is 0.397. The smallest absolute Gasteiger partial charge is 0.169 e. The van der Waals surface area contributed by atoms with Gasteiger partial charge in [-0.05, 0) is 71.9 Å². The summed E-state index contributed by atoms with van der Waals surface area (Å²) < 4.78 is 7.66. The van der Waals surface area contributed by atoms with E-state index in [4.69, 9.17) is 14.7 Å². The van der Waals surface area contributed by atoms with Gasteiger partial charge < -0.3 is 19.5 Å². The number of H-pyrrole nitrogens is 1. The number of aromatic nitrogens is 2. The van der Waals surface area contributed by atoms with Crippen molar-refractivity contribution in [3.05, 3.63) is 173 Å². The van der Waals surface area contributed by atoms with E-state index in [1.54, 1.807) is 0 Å². The molecule has 8 heteroatoms. The summed E-state index contributed by atoms with van der Waals surface area (Å²) in [5, 5.41) is 2.24. The first-order valence-electron chi connectivity index (χ1n) is 16.8. The maximum Gasteiger partial charge on any atom is 0.169 e. The van der Waals surface area contributed by atoms with Crippen LogP contribution in [0.5, 0.6) is 0 Å². The van der Waals surface area contributed by atoms with E-state index in [1.165, 1.54) is 5.69 Å². The third-order valence-corrected chi connectivity index (χ3v) is 9.68. The van der Waals surface area contributed by atoms with Gasteiger partial charge >= 0.3 is 0 Å². The molecule has 2 aromatic heterocycles. The second-order valence-corrected chi connectivity index (χ2v) is 12.9. The highest BCUT2D eigenvalue weighted by Gasteiger charge is 2.28. The van der Waals surface area contributed by atoms with Gasteiger partial charge in [-0.2, -0.15) is 0 Å². The fourth-order valence-corrected chi connectivity index (χ4v) is 7.09. The highest BCUT2D eigenvalue weighted by Crippen LogP contribution is 2.36. The zero-order chi connectivity index (χ0) is 32.9. The zero-order valence-electron chi connectivity index (χ0n) is 27.6. The molecule has 0 saturated carbocycles. The first-order valence-corrected chi connectivity index (χ1v) is 16.8. The number of benzene rings is 1. The molecule has 8 bridgehead atoms. The van der Waals surface area contributed by atoms with Crippen molar-refractivity contribution in [2.75, 3.05) is 38.3 Å². The number of allylic oxidation sites excluding steroid dienone is 11. The molecule has 0 unspecified atom stereocenters. The van der Waals surface area contributed by atoms with Crippen LogP contribution in [0.1, 0.15) is 22.5 Å². The summed E-state index contributed by atoms with van der Waals surface area (Å²) in [6.45, 7) is 3.31. The topological polar surface area (TPSA) is 76.7 Å². The molecule has 0 atom stereocenters. The second-order valence-electron chi connectivity index (χ2n) is 12.9. The zero-order valence-corrected chi connectivity index (χ0v) is 27.6. The Morgan fingerprint density at radius 3 is 2.06 bits per heavy atom. The summed E-state index contributed by atoms with van der Waals surface area (Å²) >= 11 is 0. The molecular weight excluding hydrogens is 606 g/mol. The number of nitrogens with two attached hydrogens (primary N) is 1. The number of nitrogens with zero attached hydrogens (tertiary/aromatic N) is 5. The lowest BCUT2D eigenvalue weighted by Crippen LogP contribution is -2.77. The number of fused-ring (bicyclic) bond motifs is 6. The summed E-state index contributed by atoms with van der Waals surface area (Å²) in [6, 6.07) is 17.6. The van der Waals surface area contributed by atoms with Gasteiger partial charge in [-0.1, -0.05) is 12.1 Å². The molecule has 240 valence electrons. The summed E-state index contributed by atoms with van der Waals surface area (Å²) in [5.74, 6) is 0. The number of hydrogen-bond acceptors (Lipinski definition) is 5. The number of anilines is 1. The highest BCUT2D eigenvalue weighted by atomic mass is 16.5. The number of nitrogens with one attached hydrogen (secondary N) is 1.